The molecular weight excluding hydrogens is 390 g/mol. The summed E-state index contributed by atoms with van der Waals surface area (Å²) in [6.45, 7) is 7.36. The van der Waals surface area contributed by atoms with Crippen molar-refractivity contribution in [2.45, 2.75) is 52.0 Å². The number of hydrogen-bond donors (Lipinski definition) is 1. The van der Waals surface area contributed by atoms with Crippen LogP contribution in [-0.4, -0.2) is 34.8 Å². The van der Waals surface area contributed by atoms with E-state index >= 15 is 0 Å². The zero-order valence-electron chi connectivity index (χ0n) is 18.4. The maximum absolute atomic E-state index is 13.0. The molecule has 4 rings (SSSR count). The van der Waals surface area contributed by atoms with Crippen molar-refractivity contribution in [3.05, 3.63) is 70.3 Å². The molecular formula is C26H29NO4. The van der Waals surface area contributed by atoms with Gasteiger partial charge in [-0.2, -0.15) is 0 Å². The van der Waals surface area contributed by atoms with Gasteiger partial charge in [-0.1, -0.05) is 45.0 Å². The molecule has 162 valence electrons. The number of ether oxygens (including phenoxy) is 1. The minimum absolute atomic E-state index is 0.122. The fourth-order valence-electron chi connectivity index (χ4n) is 4.42. The van der Waals surface area contributed by atoms with Crippen molar-refractivity contribution in [2.75, 3.05) is 13.2 Å². The summed E-state index contributed by atoms with van der Waals surface area (Å²) in [7, 11) is 0. The van der Waals surface area contributed by atoms with Crippen LogP contribution < -0.4 is 4.74 Å². The average Bonchev–Trinajstić information content (AvgIpc) is 3.03. The molecule has 2 aliphatic rings. The lowest BCUT2D eigenvalue weighted by molar-refractivity contribution is -0.139. The maximum Gasteiger partial charge on any atom is 0.295 e. The van der Waals surface area contributed by atoms with Crippen molar-refractivity contribution in [1.82, 2.24) is 4.90 Å². The molecule has 0 saturated carbocycles. The second kappa shape index (κ2) is 8.58. The number of likely N-dealkylation sites (tertiary alicyclic amines) is 1. The van der Waals surface area contributed by atoms with E-state index < -0.39 is 17.7 Å². The standard InChI is InChI=1S/C26H29NO4/c1-4-13-27-23(18-9-7-17(8-10-18)16(2)3)22(25(29)26(27)30)24(28)20-11-12-21-19(15-20)6-5-14-31-21/h7-12,15-16,23,28H,4-6,13-14H2,1-3H3/b24-22-. The Morgan fingerprint density at radius 2 is 1.90 bits per heavy atom. The minimum Gasteiger partial charge on any atom is -0.507 e. The van der Waals surface area contributed by atoms with Crippen LogP contribution in [0.5, 0.6) is 5.75 Å². The molecule has 0 aliphatic carbocycles. The van der Waals surface area contributed by atoms with Crippen molar-refractivity contribution in [1.29, 1.82) is 0 Å². The van der Waals surface area contributed by atoms with Crippen molar-refractivity contribution in [3.63, 3.8) is 0 Å². The van der Waals surface area contributed by atoms with Crippen LogP contribution in [0, 0.1) is 0 Å². The first-order valence-corrected chi connectivity index (χ1v) is 11.1. The van der Waals surface area contributed by atoms with Gasteiger partial charge in [0.05, 0.1) is 18.2 Å². The van der Waals surface area contributed by atoms with E-state index in [1.165, 1.54) is 5.56 Å². The summed E-state index contributed by atoms with van der Waals surface area (Å²) in [6, 6.07) is 12.9. The Morgan fingerprint density at radius 3 is 2.58 bits per heavy atom. The number of amides is 1. The Kier molecular flexibility index (Phi) is 5.86. The van der Waals surface area contributed by atoms with Gasteiger partial charge in [0.1, 0.15) is 11.5 Å². The van der Waals surface area contributed by atoms with Crippen molar-refractivity contribution in [2.24, 2.45) is 0 Å². The summed E-state index contributed by atoms with van der Waals surface area (Å²) in [4.78, 5) is 27.4. The Hall–Kier alpha value is -3.08. The SMILES string of the molecule is CCCN1C(=O)C(=O)/C(=C(\O)c2ccc3c(c2)CCCO3)C1c1ccc(C(C)C)cc1. The monoisotopic (exact) mass is 419 g/mol. The average molecular weight is 420 g/mol. The van der Waals surface area contributed by atoms with Gasteiger partial charge in [-0.05, 0) is 60.1 Å². The number of rotatable bonds is 5. The zero-order chi connectivity index (χ0) is 22.1. The van der Waals surface area contributed by atoms with E-state index in [2.05, 4.69) is 13.8 Å². The number of aryl methyl sites for hydroxylation is 1. The number of Topliss-reactive ketones (excluding diaryl/α,β-unsaturated/α-hetero) is 1. The smallest absolute Gasteiger partial charge is 0.295 e. The lowest BCUT2D eigenvalue weighted by atomic mass is 9.92. The van der Waals surface area contributed by atoms with Crippen LogP contribution in [0.15, 0.2) is 48.0 Å². The summed E-state index contributed by atoms with van der Waals surface area (Å²) in [5, 5.41) is 11.2. The van der Waals surface area contributed by atoms with Gasteiger partial charge in [-0.15, -0.1) is 0 Å². The predicted octanol–water partition coefficient (Wildman–Crippen LogP) is 4.97. The van der Waals surface area contributed by atoms with E-state index in [-0.39, 0.29) is 11.3 Å². The molecule has 0 spiro atoms. The van der Waals surface area contributed by atoms with E-state index in [0.717, 1.165) is 36.1 Å². The molecule has 1 N–H and O–H groups in total. The number of carbonyl (C=O) groups is 2. The van der Waals surface area contributed by atoms with Crippen molar-refractivity contribution in [3.8, 4) is 5.75 Å². The number of fused-ring (bicyclic) bond motifs is 1. The van der Waals surface area contributed by atoms with Crippen LogP contribution in [0.3, 0.4) is 0 Å². The quantitative estimate of drug-likeness (QED) is 0.422. The van der Waals surface area contributed by atoms with Crippen LogP contribution in [0.25, 0.3) is 5.76 Å². The first-order chi connectivity index (χ1) is 14.9. The van der Waals surface area contributed by atoms with Crippen molar-refractivity contribution >= 4 is 17.4 Å². The van der Waals surface area contributed by atoms with Gasteiger partial charge in [-0.3, -0.25) is 9.59 Å². The number of carbonyl (C=O) groups excluding carboxylic acids is 2. The van der Waals surface area contributed by atoms with Gasteiger partial charge in [0.2, 0.25) is 0 Å². The fraction of sp³-hybridized carbons (Fsp3) is 0.385. The van der Waals surface area contributed by atoms with Gasteiger partial charge >= 0.3 is 0 Å². The molecule has 1 atom stereocenters. The van der Waals surface area contributed by atoms with E-state index in [1.54, 1.807) is 11.0 Å². The van der Waals surface area contributed by atoms with E-state index in [1.807, 2.05) is 43.3 Å². The molecule has 0 bridgehead atoms. The molecule has 2 heterocycles. The molecule has 2 aromatic rings. The summed E-state index contributed by atoms with van der Waals surface area (Å²) in [5.74, 6) is -0.104. The Bertz CT molecular complexity index is 1040. The maximum atomic E-state index is 13.0. The van der Waals surface area contributed by atoms with Gasteiger partial charge in [0.25, 0.3) is 11.7 Å². The van der Waals surface area contributed by atoms with E-state index in [4.69, 9.17) is 4.74 Å². The third-order valence-electron chi connectivity index (χ3n) is 6.11. The highest BCUT2D eigenvalue weighted by Crippen LogP contribution is 2.40. The van der Waals surface area contributed by atoms with Crippen LogP contribution in [0.2, 0.25) is 0 Å². The summed E-state index contributed by atoms with van der Waals surface area (Å²) in [6.07, 6.45) is 2.50. The highest BCUT2D eigenvalue weighted by molar-refractivity contribution is 6.46. The number of aliphatic hydroxyl groups excluding tert-OH is 1. The lowest BCUT2D eigenvalue weighted by Gasteiger charge is -2.25. The van der Waals surface area contributed by atoms with Gasteiger partial charge in [0.15, 0.2) is 0 Å². The Balaban J connectivity index is 1.82. The second-order valence-corrected chi connectivity index (χ2v) is 8.59. The van der Waals surface area contributed by atoms with Gasteiger partial charge in [-0.25, -0.2) is 0 Å². The molecule has 31 heavy (non-hydrogen) atoms. The third kappa shape index (κ3) is 3.85. The van der Waals surface area contributed by atoms with Crippen LogP contribution in [-0.2, 0) is 16.0 Å². The van der Waals surface area contributed by atoms with Gasteiger partial charge in [0, 0.05) is 12.1 Å². The first-order valence-electron chi connectivity index (χ1n) is 11.1. The molecule has 1 amide bonds. The van der Waals surface area contributed by atoms with E-state index in [0.29, 0.717) is 24.6 Å². The molecule has 1 unspecified atom stereocenters. The van der Waals surface area contributed by atoms with Crippen LogP contribution >= 0.6 is 0 Å². The number of hydrogen-bond acceptors (Lipinski definition) is 4. The minimum atomic E-state index is -0.627. The van der Waals surface area contributed by atoms with E-state index in [9.17, 15) is 14.7 Å². The summed E-state index contributed by atoms with van der Waals surface area (Å²) in [5.41, 5.74) is 3.73. The molecule has 0 aromatic heterocycles. The molecule has 2 aromatic carbocycles. The van der Waals surface area contributed by atoms with Gasteiger partial charge < -0.3 is 14.7 Å². The molecule has 5 heteroatoms. The Morgan fingerprint density at radius 1 is 1.16 bits per heavy atom. The number of nitrogens with zero attached hydrogens (tertiary/aromatic N) is 1. The third-order valence-corrected chi connectivity index (χ3v) is 6.11. The molecule has 2 aliphatic heterocycles. The lowest BCUT2D eigenvalue weighted by Crippen LogP contribution is -2.30. The number of ketones is 1. The normalized spacial score (nSPS) is 20.1. The fourth-order valence-corrected chi connectivity index (χ4v) is 4.42. The highest BCUT2D eigenvalue weighted by atomic mass is 16.5. The molecule has 1 fully saturated rings. The Labute approximate surface area is 183 Å². The van der Waals surface area contributed by atoms with Crippen LogP contribution in [0.1, 0.15) is 67.8 Å². The predicted molar refractivity (Wildman–Crippen MR) is 120 cm³/mol. The first kappa shape index (κ1) is 21.2. The zero-order valence-corrected chi connectivity index (χ0v) is 18.4. The molecule has 0 radical (unpaired) electrons. The highest BCUT2D eigenvalue weighted by Gasteiger charge is 2.45. The summed E-state index contributed by atoms with van der Waals surface area (Å²) >= 11 is 0. The summed E-state index contributed by atoms with van der Waals surface area (Å²) < 4.78 is 5.66. The largest absolute Gasteiger partial charge is 0.507 e. The number of aliphatic hydroxyl groups is 1. The van der Waals surface area contributed by atoms with Crippen molar-refractivity contribution < 1.29 is 19.4 Å². The molecule has 1 saturated heterocycles. The second-order valence-electron chi connectivity index (χ2n) is 8.59. The van der Waals surface area contributed by atoms with Crippen LogP contribution in [0.4, 0.5) is 0 Å². The number of benzene rings is 2. The molecule has 5 nitrogen and oxygen atoms in total. The topological polar surface area (TPSA) is 66.8 Å².